The van der Waals surface area contributed by atoms with Crippen molar-refractivity contribution in [1.82, 2.24) is 10.2 Å². The standard InChI is InChI=1S/C15H33N3O/c1-5-7-11-18(12-8-6-2)13-9-10-15(3,17-4)14(16)19/h17H,5-13H2,1-4H3,(H2,16,19). The van der Waals surface area contributed by atoms with E-state index in [9.17, 15) is 4.79 Å². The van der Waals surface area contributed by atoms with Crippen LogP contribution in [0.25, 0.3) is 0 Å². The normalized spacial score (nSPS) is 14.6. The summed E-state index contributed by atoms with van der Waals surface area (Å²) in [7, 11) is 1.80. The average Bonchev–Trinajstić information content (AvgIpc) is 2.40. The van der Waals surface area contributed by atoms with E-state index in [-0.39, 0.29) is 5.91 Å². The van der Waals surface area contributed by atoms with Gasteiger partial charge in [-0.05, 0) is 59.3 Å². The second-order valence-corrected chi connectivity index (χ2v) is 5.60. The molecule has 1 atom stereocenters. The molecule has 0 aliphatic carbocycles. The van der Waals surface area contributed by atoms with Crippen LogP contribution in [0.1, 0.15) is 59.3 Å². The molecule has 0 saturated heterocycles. The molecular weight excluding hydrogens is 238 g/mol. The minimum absolute atomic E-state index is 0.260. The van der Waals surface area contributed by atoms with Gasteiger partial charge in [-0.2, -0.15) is 0 Å². The molecule has 4 heteroatoms. The maximum Gasteiger partial charge on any atom is 0.237 e. The van der Waals surface area contributed by atoms with Crippen molar-refractivity contribution >= 4 is 5.91 Å². The van der Waals surface area contributed by atoms with E-state index in [1.165, 1.54) is 38.8 Å². The smallest absolute Gasteiger partial charge is 0.237 e. The molecule has 0 aromatic carbocycles. The molecule has 0 saturated carbocycles. The molecule has 0 heterocycles. The number of hydrogen-bond donors (Lipinski definition) is 2. The first-order chi connectivity index (χ1) is 9.00. The zero-order valence-corrected chi connectivity index (χ0v) is 13.3. The number of nitrogens with zero attached hydrogens (tertiary/aromatic N) is 1. The summed E-state index contributed by atoms with van der Waals surface area (Å²) in [6, 6.07) is 0. The van der Waals surface area contributed by atoms with Crippen molar-refractivity contribution in [3.8, 4) is 0 Å². The van der Waals surface area contributed by atoms with E-state index < -0.39 is 5.54 Å². The molecule has 0 aromatic rings. The van der Waals surface area contributed by atoms with Crippen molar-refractivity contribution in [3.63, 3.8) is 0 Å². The summed E-state index contributed by atoms with van der Waals surface area (Å²) in [6.45, 7) is 9.74. The van der Waals surface area contributed by atoms with Gasteiger partial charge in [-0.15, -0.1) is 0 Å². The van der Waals surface area contributed by atoms with Gasteiger partial charge in [0.2, 0.25) is 5.91 Å². The minimum atomic E-state index is -0.568. The third kappa shape index (κ3) is 7.53. The van der Waals surface area contributed by atoms with Crippen LogP contribution in [-0.2, 0) is 4.79 Å². The van der Waals surface area contributed by atoms with Crippen molar-refractivity contribution in [2.24, 2.45) is 5.73 Å². The highest BCUT2D eigenvalue weighted by molar-refractivity contribution is 5.84. The Morgan fingerprint density at radius 3 is 1.95 bits per heavy atom. The summed E-state index contributed by atoms with van der Waals surface area (Å²) in [5.74, 6) is -0.260. The van der Waals surface area contributed by atoms with E-state index >= 15 is 0 Å². The van der Waals surface area contributed by atoms with Gasteiger partial charge in [0.05, 0.1) is 5.54 Å². The van der Waals surface area contributed by atoms with Crippen LogP contribution < -0.4 is 11.1 Å². The topological polar surface area (TPSA) is 58.4 Å². The molecule has 1 amide bonds. The number of hydrogen-bond acceptors (Lipinski definition) is 3. The van der Waals surface area contributed by atoms with Gasteiger partial charge in [-0.3, -0.25) is 4.79 Å². The van der Waals surface area contributed by atoms with Crippen molar-refractivity contribution in [2.45, 2.75) is 64.8 Å². The average molecular weight is 271 g/mol. The minimum Gasteiger partial charge on any atom is -0.368 e. The maximum absolute atomic E-state index is 11.4. The fourth-order valence-electron chi connectivity index (χ4n) is 2.13. The fraction of sp³-hybridized carbons (Fsp3) is 0.933. The highest BCUT2D eigenvalue weighted by Gasteiger charge is 2.28. The zero-order chi connectivity index (χ0) is 14.7. The van der Waals surface area contributed by atoms with E-state index in [1.807, 2.05) is 6.92 Å². The molecule has 114 valence electrons. The van der Waals surface area contributed by atoms with E-state index in [1.54, 1.807) is 7.05 Å². The first kappa shape index (κ1) is 18.4. The lowest BCUT2D eigenvalue weighted by molar-refractivity contribution is -0.123. The fourth-order valence-corrected chi connectivity index (χ4v) is 2.13. The lowest BCUT2D eigenvalue weighted by atomic mass is 9.95. The highest BCUT2D eigenvalue weighted by Crippen LogP contribution is 2.12. The van der Waals surface area contributed by atoms with Crippen LogP contribution >= 0.6 is 0 Å². The first-order valence-corrected chi connectivity index (χ1v) is 7.71. The van der Waals surface area contributed by atoms with Crippen molar-refractivity contribution in [3.05, 3.63) is 0 Å². The van der Waals surface area contributed by atoms with Gasteiger partial charge in [0.15, 0.2) is 0 Å². The second-order valence-electron chi connectivity index (χ2n) is 5.60. The van der Waals surface area contributed by atoms with Gasteiger partial charge in [0.25, 0.3) is 0 Å². The predicted molar refractivity (Wildman–Crippen MR) is 82.1 cm³/mol. The predicted octanol–water partition coefficient (Wildman–Crippen LogP) is 2.13. The Morgan fingerprint density at radius 1 is 1.11 bits per heavy atom. The molecule has 0 spiro atoms. The Balaban J connectivity index is 4.11. The molecule has 0 aliphatic heterocycles. The lowest BCUT2D eigenvalue weighted by Crippen LogP contribution is -2.51. The van der Waals surface area contributed by atoms with E-state index in [0.717, 1.165) is 19.4 Å². The summed E-state index contributed by atoms with van der Waals surface area (Å²) in [5, 5.41) is 3.04. The SMILES string of the molecule is CCCCN(CCCC)CCCC(C)(NC)C(N)=O. The van der Waals surface area contributed by atoms with Gasteiger partial charge < -0.3 is 16.0 Å². The van der Waals surface area contributed by atoms with Crippen LogP contribution in [0, 0.1) is 0 Å². The largest absolute Gasteiger partial charge is 0.368 e. The van der Waals surface area contributed by atoms with Crippen LogP contribution in [0.4, 0.5) is 0 Å². The lowest BCUT2D eigenvalue weighted by Gasteiger charge is -2.28. The van der Waals surface area contributed by atoms with Crippen molar-refractivity contribution in [1.29, 1.82) is 0 Å². The molecule has 1 unspecified atom stereocenters. The monoisotopic (exact) mass is 271 g/mol. The molecule has 0 fully saturated rings. The molecule has 0 radical (unpaired) electrons. The molecule has 4 nitrogen and oxygen atoms in total. The van der Waals surface area contributed by atoms with Gasteiger partial charge in [0, 0.05) is 0 Å². The highest BCUT2D eigenvalue weighted by atomic mass is 16.1. The molecule has 0 rings (SSSR count). The van der Waals surface area contributed by atoms with Gasteiger partial charge in [-0.25, -0.2) is 0 Å². The van der Waals surface area contributed by atoms with Gasteiger partial charge in [0.1, 0.15) is 0 Å². The van der Waals surface area contributed by atoms with Gasteiger partial charge in [-0.1, -0.05) is 26.7 Å². The number of carbonyl (C=O) groups excluding carboxylic acids is 1. The Kier molecular flexibility index (Phi) is 9.88. The van der Waals surface area contributed by atoms with E-state index in [4.69, 9.17) is 5.73 Å². The molecule has 0 aromatic heterocycles. The van der Waals surface area contributed by atoms with E-state index in [2.05, 4.69) is 24.1 Å². The zero-order valence-electron chi connectivity index (χ0n) is 13.3. The summed E-state index contributed by atoms with van der Waals surface area (Å²) in [5.41, 5.74) is 4.88. The Morgan fingerprint density at radius 2 is 1.58 bits per heavy atom. The van der Waals surface area contributed by atoms with Crippen LogP contribution in [0.3, 0.4) is 0 Å². The Bertz CT molecular complexity index is 238. The number of nitrogens with two attached hydrogens (primary N) is 1. The molecule has 0 aliphatic rings. The Hall–Kier alpha value is -0.610. The number of likely N-dealkylation sites (N-methyl/N-ethyl adjacent to an activating group) is 1. The number of primary amides is 1. The van der Waals surface area contributed by atoms with Crippen LogP contribution in [0.2, 0.25) is 0 Å². The van der Waals surface area contributed by atoms with Crippen molar-refractivity contribution < 1.29 is 4.79 Å². The summed E-state index contributed by atoms with van der Waals surface area (Å²) in [6.07, 6.45) is 6.78. The van der Waals surface area contributed by atoms with Crippen LogP contribution in [0.5, 0.6) is 0 Å². The number of rotatable bonds is 12. The Labute approximate surface area is 119 Å². The first-order valence-electron chi connectivity index (χ1n) is 7.71. The molecule has 0 bridgehead atoms. The number of unbranched alkanes of at least 4 members (excludes halogenated alkanes) is 2. The molecule has 3 N–H and O–H groups in total. The van der Waals surface area contributed by atoms with E-state index in [0.29, 0.717) is 0 Å². The van der Waals surface area contributed by atoms with Gasteiger partial charge >= 0.3 is 0 Å². The van der Waals surface area contributed by atoms with Crippen LogP contribution in [0.15, 0.2) is 0 Å². The quantitative estimate of drug-likeness (QED) is 0.572. The van der Waals surface area contributed by atoms with Crippen LogP contribution in [-0.4, -0.2) is 43.0 Å². The third-order valence-corrected chi connectivity index (χ3v) is 3.90. The number of amides is 1. The molecular formula is C15H33N3O. The van der Waals surface area contributed by atoms with Crippen molar-refractivity contribution in [2.75, 3.05) is 26.7 Å². The summed E-state index contributed by atoms with van der Waals surface area (Å²) < 4.78 is 0. The molecule has 19 heavy (non-hydrogen) atoms. The summed E-state index contributed by atoms with van der Waals surface area (Å²) in [4.78, 5) is 13.9. The maximum atomic E-state index is 11.4. The second kappa shape index (κ2) is 10.2. The third-order valence-electron chi connectivity index (χ3n) is 3.90. The number of carbonyl (C=O) groups is 1. The number of nitrogens with one attached hydrogen (secondary N) is 1. The summed E-state index contributed by atoms with van der Waals surface area (Å²) >= 11 is 0.